The third-order valence-corrected chi connectivity index (χ3v) is 4.44. The molecule has 0 aliphatic rings. The van der Waals surface area contributed by atoms with Crippen LogP contribution in [0.2, 0.25) is 10.0 Å². The summed E-state index contributed by atoms with van der Waals surface area (Å²) in [7, 11) is 5.15. The molecule has 0 spiro atoms. The molecule has 1 amide bonds. The maximum atomic E-state index is 12.5. The van der Waals surface area contributed by atoms with Gasteiger partial charge in [0, 0.05) is 41.3 Å². The van der Waals surface area contributed by atoms with Gasteiger partial charge in [-0.2, -0.15) is 0 Å². The topological polar surface area (TPSA) is 50.8 Å². The van der Waals surface area contributed by atoms with Gasteiger partial charge in [-0.25, -0.2) is 0 Å². The van der Waals surface area contributed by atoms with Crippen LogP contribution in [0.3, 0.4) is 0 Å². The molecule has 0 aliphatic heterocycles. The van der Waals surface area contributed by atoms with E-state index in [0.29, 0.717) is 33.7 Å². The molecule has 2 aromatic rings. The lowest BCUT2D eigenvalue weighted by Crippen LogP contribution is -2.32. The van der Waals surface area contributed by atoms with Crippen molar-refractivity contribution in [3.8, 4) is 11.5 Å². The predicted octanol–water partition coefficient (Wildman–Crippen LogP) is 4.29. The van der Waals surface area contributed by atoms with E-state index in [-0.39, 0.29) is 24.9 Å². The van der Waals surface area contributed by atoms with Gasteiger partial charge >= 0.3 is 0 Å². The Morgan fingerprint density at radius 2 is 1.89 bits per heavy atom. The van der Waals surface area contributed by atoms with E-state index in [1.54, 1.807) is 42.3 Å². The Kier molecular flexibility index (Phi) is 9.74. The number of nitrogens with one attached hydrogen (secondary N) is 1. The van der Waals surface area contributed by atoms with Crippen molar-refractivity contribution in [3.63, 3.8) is 0 Å². The minimum atomic E-state index is -0.0779. The molecule has 0 fully saturated rings. The largest absolute Gasteiger partial charge is 0.493 e. The smallest absolute Gasteiger partial charge is 0.253 e. The lowest BCUT2D eigenvalue weighted by molar-refractivity contribution is 0.0796. The Labute approximate surface area is 176 Å². The molecule has 0 saturated heterocycles. The van der Waals surface area contributed by atoms with Crippen LogP contribution in [0.25, 0.3) is 0 Å². The standard InChI is InChI=1S/C19H22Cl2N2O3.ClH/c1-22-8-9-23(2)19(24)13-5-7-17(18(10-13)25-3)26-12-14-4-6-15(20)11-16(14)21;/h4-7,10-11,22H,8-9,12H2,1-3H3;1H. The molecule has 2 rings (SSSR count). The molecule has 8 heteroatoms. The first-order chi connectivity index (χ1) is 12.5. The van der Waals surface area contributed by atoms with Gasteiger partial charge in [0.1, 0.15) is 6.61 Å². The number of benzene rings is 2. The minimum Gasteiger partial charge on any atom is -0.493 e. The number of hydrogen-bond donors (Lipinski definition) is 1. The maximum Gasteiger partial charge on any atom is 0.253 e. The highest BCUT2D eigenvalue weighted by Crippen LogP contribution is 2.30. The van der Waals surface area contributed by atoms with Crippen molar-refractivity contribution in [1.82, 2.24) is 10.2 Å². The number of hydrogen-bond acceptors (Lipinski definition) is 4. The van der Waals surface area contributed by atoms with E-state index in [4.69, 9.17) is 32.7 Å². The second kappa shape index (κ2) is 11.2. The minimum absolute atomic E-state index is 0. The van der Waals surface area contributed by atoms with Gasteiger partial charge in [-0.1, -0.05) is 29.3 Å². The summed E-state index contributed by atoms with van der Waals surface area (Å²) in [5.74, 6) is 0.946. The van der Waals surface area contributed by atoms with Crippen molar-refractivity contribution in [2.45, 2.75) is 6.61 Å². The van der Waals surface area contributed by atoms with Crippen LogP contribution in [0.1, 0.15) is 15.9 Å². The summed E-state index contributed by atoms with van der Waals surface area (Å²) in [4.78, 5) is 14.1. The van der Waals surface area contributed by atoms with Crippen LogP contribution in [-0.2, 0) is 6.61 Å². The van der Waals surface area contributed by atoms with Crippen molar-refractivity contribution in [3.05, 3.63) is 57.6 Å². The van der Waals surface area contributed by atoms with E-state index < -0.39 is 0 Å². The summed E-state index contributed by atoms with van der Waals surface area (Å²) < 4.78 is 11.2. The molecule has 2 aromatic carbocycles. The number of carbonyl (C=O) groups is 1. The van der Waals surface area contributed by atoms with Crippen LogP contribution >= 0.6 is 35.6 Å². The van der Waals surface area contributed by atoms with Gasteiger partial charge in [-0.3, -0.25) is 4.79 Å². The summed E-state index contributed by atoms with van der Waals surface area (Å²) in [6.45, 7) is 1.61. The number of carbonyl (C=O) groups excluding carboxylic acids is 1. The Balaban J connectivity index is 0.00000364. The zero-order valence-electron chi connectivity index (χ0n) is 15.4. The Hall–Kier alpha value is -1.66. The van der Waals surface area contributed by atoms with Crippen LogP contribution in [0.15, 0.2) is 36.4 Å². The highest BCUT2D eigenvalue weighted by Gasteiger charge is 2.15. The fourth-order valence-corrected chi connectivity index (χ4v) is 2.78. The number of halogens is 3. The molecule has 0 aliphatic carbocycles. The lowest BCUT2D eigenvalue weighted by Gasteiger charge is -2.18. The summed E-state index contributed by atoms with van der Waals surface area (Å²) in [6, 6.07) is 10.4. The van der Waals surface area contributed by atoms with Crippen LogP contribution in [0, 0.1) is 0 Å². The predicted molar refractivity (Wildman–Crippen MR) is 112 cm³/mol. The van der Waals surface area contributed by atoms with E-state index >= 15 is 0 Å². The zero-order valence-corrected chi connectivity index (χ0v) is 17.7. The van der Waals surface area contributed by atoms with Crippen molar-refractivity contribution < 1.29 is 14.3 Å². The van der Waals surface area contributed by atoms with E-state index in [1.807, 2.05) is 13.1 Å². The Morgan fingerprint density at radius 1 is 1.15 bits per heavy atom. The summed E-state index contributed by atoms with van der Waals surface area (Å²) in [5.41, 5.74) is 1.35. The van der Waals surface area contributed by atoms with Crippen LogP contribution in [0.5, 0.6) is 11.5 Å². The van der Waals surface area contributed by atoms with Gasteiger partial charge in [0.05, 0.1) is 7.11 Å². The first kappa shape index (κ1) is 23.4. The van der Waals surface area contributed by atoms with Crippen molar-refractivity contribution in [1.29, 1.82) is 0 Å². The molecule has 0 aromatic heterocycles. The summed E-state index contributed by atoms with van der Waals surface area (Å²) in [6.07, 6.45) is 0. The molecule has 0 heterocycles. The number of methoxy groups -OCH3 is 1. The number of rotatable bonds is 8. The first-order valence-corrected chi connectivity index (χ1v) is 8.86. The normalized spacial score (nSPS) is 10.1. The quantitative estimate of drug-likeness (QED) is 0.674. The molecular formula is C19H23Cl3N2O3. The average Bonchev–Trinajstić information content (AvgIpc) is 2.64. The molecule has 1 N–H and O–H groups in total. The van der Waals surface area contributed by atoms with Crippen LogP contribution < -0.4 is 14.8 Å². The maximum absolute atomic E-state index is 12.5. The summed E-state index contributed by atoms with van der Waals surface area (Å²) in [5, 5.41) is 4.13. The van der Waals surface area contributed by atoms with Crippen molar-refractivity contribution in [2.75, 3.05) is 34.3 Å². The molecular weight excluding hydrogens is 411 g/mol. The Morgan fingerprint density at radius 3 is 2.52 bits per heavy atom. The SMILES string of the molecule is CNCCN(C)C(=O)c1ccc(OCc2ccc(Cl)cc2Cl)c(OC)c1.Cl. The first-order valence-electron chi connectivity index (χ1n) is 8.11. The molecule has 0 atom stereocenters. The molecule has 0 radical (unpaired) electrons. The number of amides is 1. The lowest BCUT2D eigenvalue weighted by atomic mass is 10.1. The zero-order chi connectivity index (χ0) is 19.1. The molecule has 0 unspecified atom stereocenters. The highest BCUT2D eigenvalue weighted by atomic mass is 35.5. The third-order valence-electron chi connectivity index (χ3n) is 3.85. The van der Waals surface area contributed by atoms with Gasteiger partial charge in [0.25, 0.3) is 5.91 Å². The molecule has 0 saturated carbocycles. The van der Waals surface area contributed by atoms with Gasteiger partial charge in [-0.05, 0) is 37.4 Å². The molecule has 148 valence electrons. The highest BCUT2D eigenvalue weighted by molar-refractivity contribution is 6.35. The van der Waals surface area contributed by atoms with Crippen LogP contribution in [-0.4, -0.2) is 45.1 Å². The third kappa shape index (κ3) is 6.47. The summed E-state index contributed by atoms with van der Waals surface area (Å²) >= 11 is 12.1. The van der Waals surface area contributed by atoms with E-state index in [9.17, 15) is 4.79 Å². The van der Waals surface area contributed by atoms with Gasteiger partial charge in [-0.15, -0.1) is 12.4 Å². The monoisotopic (exact) mass is 432 g/mol. The van der Waals surface area contributed by atoms with Crippen molar-refractivity contribution >= 4 is 41.5 Å². The van der Waals surface area contributed by atoms with Gasteiger partial charge < -0.3 is 19.7 Å². The second-order valence-electron chi connectivity index (χ2n) is 5.72. The Bertz CT molecular complexity index is 772. The fraction of sp³-hybridized carbons (Fsp3) is 0.316. The average molecular weight is 434 g/mol. The number of nitrogens with zero attached hydrogens (tertiary/aromatic N) is 1. The van der Waals surface area contributed by atoms with Crippen LogP contribution in [0.4, 0.5) is 0 Å². The fourth-order valence-electron chi connectivity index (χ4n) is 2.32. The van der Waals surface area contributed by atoms with Gasteiger partial charge in [0.2, 0.25) is 0 Å². The number of ether oxygens (including phenoxy) is 2. The second-order valence-corrected chi connectivity index (χ2v) is 6.56. The van der Waals surface area contributed by atoms with E-state index in [1.165, 1.54) is 7.11 Å². The van der Waals surface area contributed by atoms with Crippen molar-refractivity contribution in [2.24, 2.45) is 0 Å². The van der Waals surface area contributed by atoms with E-state index in [0.717, 1.165) is 12.1 Å². The van der Waals surface area contributed by atoms with Gasteiger partial charge in [0.15, 0.2) is 11.5 Å². The molecule has 0 bridgehead atoms. The molecule has 5 nitrogen and oxygen atoms in total. The number of likely N-dealkylation sites (N-methyl/N-ethyl adjacent to an activating group) is 2. The molecule has 27 heavy (non-hydrogen) atoms. The van der Waals surface area contributed by atoms with E-state index in [2.05, 4.69) is 5.32 Å².